The molecule has 0 radical (unpaired) electrons. The zero-order valence-corrected chi connectivity index (χ0v) is 15.4. The van der Waals surface area contributed by atoms with Crippen LogP contribution in [0.4, 0.5) is 0 Å². The second-order valence-electron chi connectivity index (χ2n) is 6.47. The van der Waals surface area contributed by atoms with Crippen LogP contribution in [0.2, 0.25) is 0 Å². The molecule has 1 fully saturated rings. The third-order valence-corrected chi connectivity index (χ3v) is 7.65. The van der Waals surface area contributed by atoms with Crippen molar-refractivity contribution in [1.82, 2.24) is 4.90 Å². The molecule has 1 aromatic rings. The molecule has 3 rings (SSSR count). The van der Waals surface area contributed by atoms with E-state index < -0.39 is 21.9 Å². The highest BCUT2D eigenvalue weighted by Crippen LogP contribution is 2.31. The van der Waals surface area contributed by atoms with Crippen LogP contribution in [-0.4, -0.2) is 55.9 Å². The van der Waals surface area contributed by atoms with Gasteiger partial charge >= 0.3 is 5.97 Å². The van der Waals surface area contributed by atoms with Gasteiger partial charge in [-0.2, -0.15) is 0 Å². The van der Waals surface area contributed by atoms with Gasteiger partial charge in [0.15, 0.2) is 15.9 Å². The number of nitrogens with zero attached hydrogens (tertiary/aromatic N) is 1. The summed E-state index contributed by atoms with van der Waals surface area (Å²) in [4.78, 5) is 27.8. The minimum atomic E-state index is -3.06. The zero-order valence-electron chi connectivity index (χ0n) is 13.8. The van der Waals surface area contributed by atoms with Crippen LogP contribution in [0.1, 0.15) is 39.9 Å². The molecule has 1 amide bonds. The summed E-state index contributed by atoms with van der Waals surface area (Å²) < 4.78 is 28.4. The van der Waals surface area contributed by atoms with Crippen molar-refractivity contribution in [3.05, 3.63) is 21.4 Å². The number of esters is 1. The van der Waals surface area contributed by atoms with Gasteiger partial charge < -0.3 is 9.64 Å². The third-order valence-electron chi connectivity index (χ3n) is 4.68. The number of thiophene rings is 1. The maximum atomic E-state index is 12.4. The Kier molecular flexibility index (Phi) is 4.70. The first-order chi connectivity index (χ1) is 11.3. The predicted octanol–water partition coefficient (Wildman–Crippen LogP) is 1.43. The maximum Gasteiger partial charge on any atom is 0.349 e. The number of rotatable bonds is 4. The van der Waals surface area contributed by atoms with Gasteiger partial charge in [-0.15, -0.1) is 11.3 Å². The van der Waals surface area contributed by atoms with E-state index in [0.29, 0.717) is 11.3 Å². The lowest BCUT2D eigenvalue weighted by Gasteiger charge is -2.26. The number of ether oxygens (including phenoxy) is 1. The summed E-state index contributed by atoms with van der Waals surface area (Å²) in [5.41, 5.74) is 1.21. The van der Waals surface area contributed by atoms with Crippen molar-refractivity contribution in [2.24, 2.45) is 0 Å². The molecule has 0 saturated carbocycles. The molecule has 132 valence electrons. The van der Waals surface area contributed by atoms with Gasteiger partial charge in [0.25, 0.3) is 5.91 Å². The van der Waals surface area contributed by atoms with Crippen molar-refractivity contribution < 1.29 is 22.7 Å². The van der Waals surface area contributed by atoms with Gasteiger partial charge in [-0.1, -0.05) is 0 Å². The van der Waals surface area contributed by atoms with Crippen molar-refractivity contribution in [3.8, 4) is 0 Å². The van der Waals surface area contributed by atoms with Crippen molar-refractivity contribution in [3.63, 3.8) is 0 Å². The fourth-order valence-electron chi connectivity index (χ4n) is 3.25. The van der Waals surface area contributed by atoms with E-state index in [1.54, 1.807) is 7.05 Å². The van der Waals surface area contributed by atoms with Crippen molar-refractivity contribution >= 4 is 33.1 Å². The Hall–Kier alpha value is -1.41. The van der Waals surface area contributed by atoms with Crippen LogP contribution in [0, 0.1) is 0 Å². The van der Waals surface area contributed by atoms with E-state index in [4.69, 9.17) is 4.74 Å². The Morgan fingerprint density at radius 1 is 1.38 bits per heavy atom. The Morgan fingerprint density at radius 3 is 2.75 bits per heavy atom. The van der Waals surface area contributed by atoms with Gasteiger partial charge in [0.1, 0.15) is 4.88 Å². The van der Waals surface area contributed by atoms with E-state index in [9.17, 15) is 18.0 Å². The van der Waals surface area contributed by atoms with Crippen LogP contribution in [0.3, 0.4) is 0 Å². The maximum absolute atomic E-state index is 12.4. The molecular formula is C16H21NO5S2. The molecule has 8 heteroatoms. The second-order valence-corrected chi connectivity index (χ2v) is 9.83. The predicted molar refractivity (Wildman–Crippen MR) is 91.1 cm³/mol. The fraction of sp³-hybridized carbons (Fsp3) is 0.625. The lowest BCUT2D eigenvalue weighted by molar-refractivity contribution is -0.140. The summed E-state index contributed by atoms with van der Waals surface area (Å²) >= 11 is 1.44. The SMILES string of the molecule is C[C@H](OC(=O)c1cc2c(s1)CCC2)C(=O)N(C)[C@H]1CCS(=O)(=O)C1. The Morgan fingerprint density at radius 2 is 2.12 bits per heavy atom. The molecule has 1 saturated heterocycles. The minimum Gasteiger partial charge on any atom is -0.448 e. The quantitative estimate of drug-likeness (QED) is 0.748. The van der Waals surface area contributed by atoms with Crippen LogP contribution in [0.15, 0.2) is 6.07 Å². The molecular weight excluding hydrogens is 350 g/mol. The van der Waals surface area contributed by atoms with E-state index in [1.165, 1.54) is 33.6 Å². The van der Waals surface area contributed by atoms with Gasteiger partial charge in [-0.25, -0.2) is 13.2 Å². The summed E-state index contributed by atoms with van der Waals surface area (Å²) in [6, 6.07) is 1.52. The average Bonchev–Trinajstić information content (AvgIpc) is 3.19. The highest BCUT2D eigenvalue weighted by molar-refractivity contribution is 7.91. The topological polar surface area (TPSA) is 80.8 Å². The number of carbonyl (C=O) groups excluding carboxylic acids is 2. The molecule has 0 aromatic carbocycles. The lowest BCUT2D eigenvalue weighted by Crippen LogP contribution is -2.44. The smallest absolute Gasteiger partial charge is 0.349 e. The largest absolute Gasteiger partial charge is 0.448 e. The first kappa shape index (κ1) is 17.4. The number of carbonyl (C=O) groups is 2. The normalized spacial score (nSPS) is 22.8. The number of amides is 1. The number of hydrogen-bond acceptors (Lipinski definition) is 6. The summed E-state index contributed by atoms with van der Waals surface area (Å²) in [5, 5.41) is 0. The molecule has 24 heavy (non-hydrogen) atoms. The number of hydrogen-bond donors (Lipinski definition) is 0. The molecule has 0 bridgehead atoms. The third kappa shape index (κ3) is 3.49. The number of fused-ring (bicyclic) bond motifs is 1. The minimum absolute atomic E-state index is 0.0203. The number of sulfone groups is 1. The monoisotopic (exact) mass is 371 g/mol. The molecule has 1 aromatic heterocycles. The highest BCUT2D eigenvalue weighted by Gasteiger charge is 2.35. The van der Waals surface area contributed by atoms with E-state index in [0.717, 1.165) is 19.3 Å². The van der Waals surface area contributed by atoms with Crippen LogP contribution in [-0.2, 0) is 32.2 Å². The standard InChI is InChI=1S/C16H21NO5S2/c1-10(15(18)17(2)12-6-7-24(20,21)9-12)22-16(19)14-8-11-4-3-5-13(11)23-14/h8,10,12H,3-7,9H2,1-2H3/t10-,12-/m0/s1. The molecule has 1 aliphatic heterocycles. The number of aryl methyl sites for hydroxylation is 2. The average molecular weight is 371 g/mol. The van der Waals surface area contributed by atoms with Crippen LogP contribution in [0.25, 0.3) is 0 Å². The molecule has 2 aliphatic rings. The summed E-state index contributed by atoms with van der Waals surface area (Å²) in [6.45, 7) is 1.53. The molecule has 2 heterocycles. The van der Waals surface area contributed by atoms with Crippen LogP contribution in [0.5, 0.6) is 0 Å². The lowest BCUT2D eigenvalue weighted by atomic mass is 10.2. The van der Waals surface area contributed by atoms with Crippen molar-refractivity contribution in [1.29, 1.82) is 0 Å². The zero-order chi connectivity index (χ0) is 17.5. The molecule has 0 unspecified atom stereocenters. The summed E-state index contributed by atoms with van der Waals surface area (Å²) in [7, 11) is -1.50. The van der Waals surface area contributed by atoms with Crippen LogP contribution < -0.4 is 0 Å². The number of likely N-dealkylation sites (N-methyl/N-ethyl adjacent to an activating group) is 1. The first-order valence-electron chi connectivity index (χ1n) is 8.06. The van der Waals surface area contributed by atoms with Gasteiger partial charge in [0.05, 0.1) is 11.5 Å². The molecule has 0 spiro atoms. The Labute approximate surface area is 145 Å². The van der Waals surface area contributed by atoms with Gasteiger partial charge in [-0.05, 0) is 44.2 Å². The van der Waals surface area contributed by atoms with E-state index in [1.807, 2.05) is 6.07 Å². The summed E-state index contributed by atoms with van der Waals surface area (Å²) in [6.07, 6.45) is 2.62. The van der Waals surface area contributed by atoms with Crippen molar-refractivity contribution in [2.75, 3.05) is 18.6 Å². The van der Waals surface area contributed by atoms with E-state index in [-0.39, 0.29) is 23.5 Å². The molecule has 0 N–H and O–H groups in total. The van der Waals surface area contributed by atoms with Crippen LogP contribution >= 0.6 is 11.3 Å². The highest BCUT2D eigenvalue weighted by atomic mass is 32.2. The van der Waals surface area contributed by atoms with Crippen molar-refractivity contribution in [2.45, 2.75) is 44.8 Å². The fourth-order valence-corrected chi connectivity index (χ4v) is 6.16. The molecule has 1 aliphatic carbocycles. The second kappa shape index (κ2) is 6.48. The van der Waals surface area contributed by atoms with Gasteiger partial charge in [0, 0.05) is 18.0 Å². The van der Waals surface area contributed by atoms with Gasteiger partial charge in [-0.3, -0.25) is 4.79 Å². The molecule has 2 atom stereocenters. The van der Waals surface area contributed by atoms with Gasteiger partial charge in [0.2, 0.25) is 0 Å². The Bertz CT molecular complexity index is 746. The summed E-state index contributed by atoms with van der Waals surface area (Å²) in [5.74, 6) is -0.769. The van der Waals surface area contributed by atoms with E-state index >= 15 is 0 Å². The first-order valence-corrected chi connectivity index (χ1v) is 10.7. The van der Waals surface area contributed by atoms with E-state index in [2.05, 4.69) is 0 Å². The molecule has 6 nitrogen and oxygen atoms in total. The Balaban J connectivity index is 1.60.